The van der Waals surface area contributed by atoms with Crippen LogP contribution in [0.3, 0.4) is 0 Å². The summed E-state index contributed by atoms with van der Waals surface area (Å²) < 4.78 is 27.0. The summed E-state index contributed by atoms with van der Waals surface area (Å²) in [5.41, 5.74) is 6.88. The number of benzene rings is 2. The Hall–Kier alpha value is -2.23. The van der Waals surface area contributed by atoms with Crippen molar-refractivity contribution in [2.24, 2.45) is 11.3 Å². The second-order valence-electron chi connectivity index (χ2n) is 9.65. The molecule has 1 amide bonds. The number of halogens is 2. The Balaban J connectivity index is 1.38. The van der Waals surface area contributed by atoms with Crippen molar-refractivity contribution in [2.75, 3.05) is 5.32 Å². The zero-order valence-corrected chi connectivity index (χ0v) is 17.1. The van der Waals surface area contributed by atoms with Gasteiger partial charge >= 0.3 is 0 Å². The molecule has 0 radical (unpaired) electrons. The van der Waals surface area contributed by atoms with Gasteiger partial charge in [-0.25, -0.2) is 8.78 Å². The van der Waals surface area contributed by atoms with Crippen molar-refractivity contribution in [3.8, 4) is 0 Å². The van der Waals surface area contributed by atoms with Gasteiger partial charge in [-0.1, -0.05) is 12.1 Å². The van der Waals surface area contributed by atoms with Crippen LogP contribution in [0.1, 0.15) is 65.8 Å². The van der Waals surface area contributed by atoms with Gasteiger partial charge in [-0.2, -0.15) is 0 Å². The van der Waals surface area contributed by atoms with Crippen molar-refractivity contribution in [1.82, 2.24) is 0 Å². The zero-order chi connectivity index (χ0) is 20.3. The summed E-state index contributed by atoms with van der Waals surface area (Å²) in [6, 6.07) is 6.45. The van der Waals surface area contributed by atoms with Crippen LogP contribution in [0.25, 0.3) is 0 Å². The third kappa shape index (κ3) is 3.17. The Bertz CT molecular complexity index is 995. The largest absolute Gasteiger partial charge is 0.326 e. The van der Waals surface area contributed by atoms with E-state index in [1.54, 1.807) is 6.07 Å². The summed E-state index contributed by atoms with van der Waals surface area (Å²) in [5, 5.41) is 3.20. The first-order valence-electron chi connectivity index (χ1n) is 10.7. The standard InChI is InChI=1S/C25H27F2NO/c1-14-7-19-4-3-17(18-5-6-21(26)22(27)9-18)8-20(19)15(2)24(14)28-23(29)13-25-10-16(11-25)12-25/h5-7,9,16-17H,3-4,8,10-13H2,1-2H3,(H,28,29). The number of nitrogens with one attached hydrogen (secondary N) is 1. The van der Waals surface area contributed by atoms with E-state index in [2.05, 4.69) is 25.2 Å². The smallest absolute Gasteiger partial charge is 0.224 e. The molecule has 3 fully saturated rings. The molecule has 29 heavy (non-hydrogen) atoms. The molecular formula is C25H27F2NO. The van der Waals surface area contributed by atoms with E-state index in [9.17, 15) is 13.6 Å². The van der Waals surface area contributed by atoms with Crippen molar-refractivity contribution < 1.29 is 13.6 Å². The first kappa shape index (κ1) is 18.8. The third-order valence-corrected chi connectivity index (χ3v) is 7.59. The molecule has 0 saturated heterocycles. The number of aryl methyl sites for hydroxylation is 2. The number of fused-ring (bicyclic) bond motifs is 1. The van der Waals surface area contributed by atoms with E-state index >= 15 is 0 Å². The second-order valence-corrected chi connectivity index (χ2v) is 9.65. The molecule has 2 aromatic rings. The second kappa shape index (κ2) is 6.65. The summed E-state index contributed by atoms with van der Waals surface area (Å²) in [4.78, 5) is 12.7. The van der Waals surface area contributed by atoms with Crippen LogP contribution < -0.4 is 5.32 Å². The van der Waals surface area contributed by atoms with E-state index in [1.807, 2.05) is 0 Å². The normalized spacial score (nSPS) is 26.9. The molecule has 0 heterocycles. The lowest BCUT2D eigenvalue weighted by Gasteiger charge is -2.61. The highest BCUT2D eigenvalue weighted by Crippen LogP contribution is 2.66. The van der Waals surface area contributed by atoms with Crippen LogP contribution in [0.5, 0.6) is 0 Å². The SMILES string of the molecule is Cc1cc2c(c(C)c1NC(=O)CC13CC(C1)C3)CC(c1ccc(F)c(F)c1)CC2. The van der Waals surface area contributed by atoms with Crippen molar-refractivity contribution >= 4 is 11.6 Å². The Morgan fingerprint density at radius 3 is 2.55 bits per heavy atom. The van der Waals surface area contributed by atoms with Crippen LogP contribution in [-0.2, 0) is 17.6 Å². The van der Waals surface area contributed by atoms with E-state index in [1.165, 1.54) is 42.5 Å². The van der Waals surface area contributed by atoms with Gasteiger partial charge in [0.2, 0.25) is 5.91 Å². The first-order valence-corrected chi connectivity index (χ1v) is 10.7. The van der Waals surface area contributed by atoms with Crippen LogP contribution in [0.2, 0.25) is 0 Å². The molecule has 4 heteroatoms. The molecule has 0 aromatic heterocycles. The molecule has 6 rings (SSSR count). The number of hydrogen-bond donors (Lipinski definition) is 1. The van der Waals surface area contributed by atoms with Gasteiger partial charge in [0.1, 0.15) is 0 Å². The molecular weight excluding hydrogens is 368 g/mol. The zero-order valence-electron chi connectivity index (χ0n) is 17.1. The topological polar surface area (TPSA) is 29.1 Å². The number of amides is 1. The van der Waals surface area contributed by atoms with Gasteiger partial charge in [0.25, 0.3) is 0 Å². The van der Waals surface area contributed by atoms with Gasteiger partial charge in [-0.15, -0.1) is 0 Å². The Kier molecular flexibility index (Phi) is 4.30. The summed E-state index contributed by atoms with van der Waals surface area (Å²) >= 11 is 0. The average Bonchev–Trinajstić information content (AvgIpc) is 2.63. The lowest BCUT2D eigenvalue weighted by atomic mass is 9.43. The van der Waals surface area contributed by atoms with E-state index in [-0.39, 0.29) is 11.8 Å². The maximum atomic E-state index is 13.7. The lowest BCUT2D eigenvalue weighted by Crippen LogP contribution is -2.53. The third-order valence-electron chi connectivity index (χ3n) is 7.59. The van der Waals surface area contributed by atoms with Crippen LogP contribution in [0.15, 0.2) is 24.3 Å². The quantitative estimate of drug-likeness (QED) is 0.678. The number of rotatable bonds is 4. The van der Waals surface area contributed by atoms with E-state index < -0.39 is 11.6 Å². The molecule has 2 aromatic carbocycles. The number of hydrogen-bond acceptors (Lipinski definition) is 1. The van der Waals surface area contributed by atoms with Crippen molar-refractivity contribution in [1.29, 1.82) is 0 Å². The molecule has 0 aliphatic heterocycles. The minimum atomic E-state index is -0.800. The van der Waals surface area contributed by atoms with Gasteiger partial charge in [0, 0.05) is 12.1 Å². The van der Waals surface area contributed by atoms with Gasteiger partial charge < -0.3 is 5.32 Å². The summed E-state index contributed by atoms with van der Waals surface area (Å²) in [5.74, 6) is -0.408. The Labute approximate surface area is 170 Å². The maximum absolute atomic E-state index is 13.7. The van der Waals surface area contributed by atoms with Crippen LogP contribution >= 0.6 is 0 Å². The molecule has 0 spiro atoms. The van der Waals surface area contributed by atoms with E-state index in [0.717, 1.165) is 47.6 Å². The highest BCUT2D eigenvalue weighted by atomic mass is 19.2. The molecule has 1 atom stereocenters. The maximum Gasteiger partial charge on any atom is 0.224 e. The van der Waals surface area contributed by atoms with Crippen LogP contribution in [0, 0.1) is 36.8 Å². The van der Waals surface area contributed by atoms with Gasteiger partial charge in [0.05, 0.1) is 0 Å². The highest BCUT2D eigenvalue weighted by molar-refractivity contribution is 5.93. The monoisotopic (exact) mass is 395 g/mol. The molecule has 1 N–H and O–H groups in total. The minimum Gasteiger partial charge on any atom is -0.326 e. The van der Waals surface area contributed by atoms with E-state index in [0.29, 0.717) is 11.8 Å². The summed E-state index contributed by atoms with van der Waals surface area (Å²) in [6.45, 7) is 4.14. The predicted molar refractivity (Wildman–Crippen MR) is 110 cm³/mol. The van der Waals surface area contributed by atoms with Gasteiger partial charge in [-0.05, 0) is 110 Å². The van der Waals surface area contributed by atoms with Crippen molar-refractivity contribution in [2.45, 2.75) is 64.7 Å². The molecule has 1 unspecified atom stereocenters. The Morgan fingerprint density at radius 2 is 1.90 bits per heavy atom. The summed E-state index contributed by atoms with van der Waals surface area (Å²) in [6.07, 6.45) is 6.93. The fraction of sp³-hybridized carbons (Fsp3) is 0.480. The molecule has 2 bridgehead atoms. The number of carbonyl (C=O) groups is 1. The van der Waals surface area contributed by atoms with Crippen LogP contribution in [0.4, 0.5) is 14.5 Å². The van der Waals surface area contributed by atoms with Crippen LogP contribution in [-0.4, -0.2) is 5.91 Å². The summed E-state index contributed by atoms with van der Waals surface area (Å²) in [7, 11) is 0. The fourth-order valence-corrected chi connectivity index (χ4v) is 5.94. The molecule has 4 aliphatic rings. The predicted octanol–water partition coefficient (Wildman–Crippen LogP) is 5.98. The first-order chi connectivity index (χ1) is 13.8. The number of carbonyl (C=O) groups excluding carboxylic acids is 1. The molecule has 152 valence electrons. The van der Waals surface area contributed by atoms with Crippen molar-refractivity contribution in [3.63, 3.8) is 0 Å². The number of anilines is 1. The molecule has 3 saturated carbocycles. The van der Waals surface area contributed by atoms with Gasteiger partial charge in [-0.3, -0.25) is 4.79 Å². The van der Waals surface area contributed by atoms with Crippen molar-refractivity contribution in [3.05, 3.63) is 63.7 Å². The molecule has 4 aliphatic carbocycles. The minimum absolute atomic E-state index is 0.127. The van der Waals surface area contributed by atoms with Gasteiger partial charge in [0.15, 0.2) is 11.6 Å². The lowest BCUT2D eigenvalue weighted by molar-refractivity contribution is -0.139. The Morgan fingerprint density at radius 1 is 1.14 bits per heavy atom. The average molecular weight is 395 g/mol. The fourth-order valence-electron chi connectivity index (χ4n) is 5.94. The highest BCUT2D eigenvalue weighted by Gasteiger charge is 2.56. The molecule has 2 nitrogen and oxygen atoms in total. The van der Waals surface area contributed by atoms with E-state index in [4.69, 9.17) is 0 Å².